The van der Waals surface area contributed by atoms with E-state index in [9.17, 15) is 0 Å². The van der Waals surface area contributed by atoms with Crippen molar-refractivity contribution in [2.45, 2.75) is 33.2 Å². The van der Waals surface area contributed by atoms with E-state index < -0.39 is 0 Å². The zero-order valence-corrected chi connectivity index (χ0v) is 12.0. The molecule has 0 amide bonds. The Labute approximate surface area is 110 Å². The molecule has 2 rings (SSSR count). The smallest absolute Gasteiger partial charge is 0.0940 e. The minimum atomic E-state index is 0.378. The molecule has 0 aliphatic carbocycles. The molecule has 2 aromatic heterocycles. The molecule has 5 heteroatoms. The maximum atomic E-state index is 4.46. The van der Waals surface area contributed by atoms with Gasteiger partial charge in [0.05, 0.1) is 16.2 Å². The van der Waals surface area contributed by atoms with Gasteiger partial charge in [-0.1, -0.05) is 0 Å². The van der Waals surface area contributed by atoms with Gasteiger partial charge in [-0.25, -0.2) is 9.97 Å². The first-order valence-corrected chi connectivity index (χ1v) is 7.47. The third-order valence-electron chi connectivity index (χ3n) is 2.63. The van der Waals surface area contributed by atoms with Gasteiger partial charge in [-0.3, -0.25) is 0 Å². The van der Waals surface area contributed by atoms with Crippen LogP contribution in [-0.2, 0) is 6.42 Å². The second-order valence-corrected chi connectivity index (χ2v) is 5.94. The van der Waals surface area contributed by atoms with Crippen molar-refractivity contribution >= 4 is 22.7 Å². The first-order valence-electron chi connectivity index (χ1n) is 5.71. The molecule has 0 radical (unpaired) electrons. The summed E-state index contributed by atoms with van der Waals surface area (Å²) < 4.78 is 0. The summed E-state index contributed by atoms with van der Waals surface area (Å²) in [5, 5.41) is 6.84. The van der Waals surface area contributed by atoms with Crippen LogP contribution in [0.25, 0.3) is 0 Å². The monoisotopic (exact) mass is 267 g/mol. The Morgan fingerprint density at radius 2 is 2.18 bits per heavy atom. The molecule has 2 aromatic rings. The molecule has 92 valence electrons. The molecular formula is C12H17N3S2. The normalized spacial score (nSPS) is 12.9. The van der Waals surface area contributed by atoms with Crippen LogP contribution in [-0.4, -0.2) is 16.5 Å². The van der Waals surface area contributed by atoms with Gasteiger partial charge in [0, 0.05) is 35.0 Å². The number of hydrogen-bond donors (Lipinski definition) is 1. The van der Waals surface area contributed by atoms with Crippen molar-refractivity contribution in [3.63, 3.8) is 0 Å². The second-order valence-electron chi connectivity index (χ2n) is 4.11. The quantitative estimate of drug-likeness (QED) is 0.904. The maximum Gasteiger partial charge on any atom is 0.0940 e. The summed E-state index contributed by atoms with van der Waals surface area (Å²) in [6.07, 6.45) is 1.00. The standard InChI is InChI=1S/C12H17N3S2/c1-8-6-16-11(15-8)4-5-13-9(2)12-10(3)14-7-17-12/h6-7,9,13H,4-5H2,1-3H3. The first kappa shape index (κ1) is 12.7. The van der Waals surface area contributed by atoms with Crippen LogP contribution in [0.4, 0.5) is 0 Å². The fourth-order valence-electron chi connectivity index (χ4n) is 1.73. The SMILES string of the molecule is Cc1csc(CCNC(C)c2scnc2C)n1. The highest BCUT2D eigenvalue weighted by Gasteiger charge is 2.10. The van der Waals surface area contributed by atoms with E-state index in [1.165, 1.54) is 9.88 Å². The van der Waals surface area contributed by atoms with Gasteiger partial charge >= 0.3 is 0 Å². The van der Waals surface area contributed by atoms with Crippen molar-refractivity contribution in [2.75, 3.05) is 6.54 Å². The zero-order valence-electron chi connectivity index (χ0n) is 10.4. The molecule has 1 N–H and O–H groups in total. The topological polar surface area (TPSA) is 37.8 Å². The summed E-state index contributed by atoms with van der Waals surface area (Å²) in [6, 6.07) is 0.378. The van der Waals surface area contributed by atoms with Crippen LogP contribution < -0.4 is 5.32 Å². The molecule has 1 unspecified atom stereocenters. The Morgan fingerprint density at radius 3 is 2.76 bits per heavy atom. The first-order chi connectivity index (χ1) is 8.16. The molecule has 0 fully saturated rings. The fourth-order valence-corrected chi connectivity index (χ4v) is 3.34. The lowest BCUT2D eigenvalue weighted by Gasteiger charge is -2.11. The summed E-state index contributed by atoms with van der Waals surface area (Å²) in [5.41, 5.74) is 4.17. The van der Waals surface area contributed by atoms with Crippen molar-refractivity contribution in [3.05, 3.63) is 32.2 Å². The van der Waals surface area contributed by atoms with Gasteiger partial charge < -0.3 is 5.32 Å². The van der Waals surface area contributed by atoms with Gasteiger partial charge in [-0.2, -0.15) is 0 Å². The second kappa shape index (κ2) is 5.71. The van der Waals surface area contributed by atoms with Crippen LogP contribution in [0, 0.1) is 13.8 Å². The van der Waals surface area contributed by atoms with E-state index in [1.54, 1.807) is 22.7 Å². The van der Waals surface area contributed by atoms with Crippen LogP contribution in [0.1, 0.15) is 34.2 Å². The highest BCUT2D eigenvalue weighted by molar-refractivity contribution is 7.10. The van der Waals surface area contributed by atoms with E-state index in [4.69, 9.17) is 0 Å². The average Bonchev–Trinajstić information content (AvgIpc) is 2.87. The molecule has 1 atom stereocenters. The van der Waals surface area contributed by atoms with Crippen molar-refractivity contribution in [1.29, 1.82) is 0 Å². The molecule has 0 aromatic carbocycles. The van der Waals surface area contributed by atoms with Crippen molar-refractivity contribution < 1.29 is 0 Å². The van der Waals surface area contributed by atoms with Gasteiger partial charge in [0.15, 0.2) is 0 Å². The number of aryl methyl sites for hydroxylation is 2. The summed E-state index contributed by atoms with van der Waals surface area (Å²) in [6.45, 7) is 7.25. The molecule has 0 aliphatic heterocycles. The lowest BCUT2D eigenvalue weighted by atomic mass is 10.2. The Bertz CT molecular complexity index is 476. The minimum absolute atomic E-state index is 0.378. The average molecular weight is 267 g/mol. The Balaban J connectivity index is 1.81. The van der Waals surface area contributed by atoms with E-state index in [1.807, 2.05) is 12.4 Å². The van der Waals surface area contributed by atoms with E-state index in [0.717, 1.165) is 24.4 Å². The highest BCUT2D eigenvalue weighted by Crippen LogP contribution is 2.20. The molecule has 3 nitrogen and oxygen atoms in total. The Morgan fingerprint density at radius 1 is 1.35 bits per heavy atom. The van der Waals surface area contributed by atoms with Gasteiger partial charge in [-0.05, 0) is 20.8 Å². The summed E-state index contributed by atoms with van der Waals surface area (Å²) in [4.78, 5) is 10.1. The predicted octanol–water partition coefficient (Wildman–Crippen LogP) is 3.11. The van der Waals surface area contributed by atoms with E-state index in [2.05, 4.69) is 34.5 Å². The van der Waals surface area contributed by atoms with Crippen LogP contribution in [0.2, 0.25) is 0 Å². The van der Waals surface area contributed by atoms with Crippen LogP contribution in [0.3, 0.4) is 0 Å². The number of nitrogens with one attached hydrogen (secondary N) is 1. The van der Waals surface area contributed by atoms with Crippen molar-refractivity contribution in [1.82, 2.24) is 15.3 Å². The third-order valence-corrected chi connectivity index (χ3v) is 4.77. The number of aromatic nitrogens is 2. The lowest BCUT2D eigenvalue weighted by molar-refractivity contribution is 0.580. The molecule has 0 saturated carbocycles. The van der Waals surface area contributed by atoms with Crippen LogP contribution >= 0.6 is 22.7 Å². The Hall–Kier alpha value is -0.780. The van der Waals surface area contributed by atoms with E-state index in [-0.39, 0.29) is 0 Å². The number of nitrogens with zero attached hydrogens (tertiary/aromatic N) is 2. The maximum absolute atomic E-state index is 4.46. The summed E-state index contributed by atoms with van der Waals surface area (Å²) >= 11 is 3.46. The summed E-state index contributed by atoms with van der Waals surface area (Å²) in [7, 11) is 0. The fraction of sp³-hybridized carbons (Fsp3) is 0.500. The summed E-state index contributed by atoms with van der Waals surface area (Å²) in [5.74, 6) is 0. The van der Waals surface area contributed by atoms with E-state index in [0.29, 0.717) is 6.04 Å². The van der Waals surface area contributed by atoms with Gasteiger partial charge in [0.2, 0.25) is 0 Å². The van der Waals surface area contributed by atoms with Crippen molar-refractivity contribution in [2.24, 2.45) is 0 Å². The lowest BCUT2D eigenvalue weighted by Crippen LogP contribution is -2.21. The number of rotatable bonds is 5. The minimum Gasteiger partial charge on any atom is -0.309 e. The largest absolute Gasteiger partial charge is 0.309 e. The molecule has 0 aliphatic rings. The molecule has 17 heavy (non-hydrogen) atoms. The Kier molecular flexibility index (Phi) is 4.25. The molecule has 2 heterocycles. The van der Waals surface area contributed by atoms with Crippen LogP contribution in [0.5, 0.6) is 0 Å². The number of hydrogen-bond acceptors (Lipinski definition) is 5. The molecular weight excluding hydrogens is 250 g/mol. The third kappa shape index (κ3) is 3.34. The molecule has 0 bridgehead atoms. The van der Waals surface area contributed by atoms with Crippen molar-refractivity contribution in [3.8, 4) is 0 Å². The van der Waals surface area contributed by atoms with E-state index >= 15 is 0 Å². The predicted molar refractivity (Wildman–Crippen MR) is 73.8 cm³/mol. The number of thiazole rings is 2. The van der Waals surface area contributed by atoms with Gasteiger partial charge in [-0.15, -0.1) is 22.7 Å². The molecule has 0 spiro atoms. The van der Waals surface area contributed by atoms with Gasteiger partial charge in [0.1, 0.15) is 0 Å². The van der Waals surface area contributed by atoms with Gasteiger partial charge in [0.25, 0.3) is 0 Å². The molecule has 0 saturated heterocycles. The highest BCUT2D eigenvalue weighted by atomic mass is 32.1. The van der Waals surface area contributed by atoms with Crippen LogP contribution in [0.15, 0.2) is 10.9 Å². The zero-order chi connectivity index (χ0) is 12.3.